The molecular formula is C8H7OP. The first-order valence-electron chi connectivity index (χ1n) is 2.97. The molecule has 0 radical (unpaired) electrons. The summed E-state index contributed by atoms with van der Waals surface area (Å²) in [7, 11) is 0.0593. The molecule has 50 valence electrons. The molecule has 0 amide bonds. The van der Waals surface area contributed by atoms with Crippen molar-refractivity contribution in [2.45, 2.75) is 0 Å². The Balaban J connectivity index is 2.76. The van der Waals surface area contributed by atoms with Crippen molar-refractivity contribution < 1.29 is 4.57 Å². The van der Waals surface area contributed by atoms with Gasteiger partial charge in [0.25, 0.3) is 0 Å². The first-order chi connectivity index (χ1) is 4.93. The van der Waals surface area contributed by atoms with Gasteiger partial charge >= 0.3 is 0 Å². The second kappa shape index (κ2) is 3.97. The van der Waals surface area contributed by atoms with E-state index >= 15 is 0 Å². The molecule has 0 aliphatic rings. The number of benzene rings is 1. The molecule has 10 heavy (non-hydrogen) atoms. The van der Waals surface area contributed by atoms with E-state index in [1.54, 1.807) is 5.82 Å². The van der Waals surface area contributed by atoms with E-state index in [0.717, 1.165) is 5.56 Å². The Morgan fingerprint density at radius 1 is 1.20 bits per heavy atom. The molecular weight excluding hydrogens is 143 g/mol. The summed E-state index contributed by atoms with van der Waals surface area (Å²) >= 11 is 0. The lowest BCUT2D eigenvalue weighted by molar-refractivity contribution is 0.603. The van der Waals surface area contributed by atoms with Crippen LogP contribution in [0.25, 0.3) is 6.08 Å². The van der Waals surface area contributed by atoms with Crippen molar-refractivity contribution in [2.24, 2.45) is 0 Å². The fourth-order valence-corrected chi connectivity index (χ4v) is 0.914. The highest BCUT2D eigenvalue weighted by molar-refractivity contribution is 7.28. The van der Waals surface area contributed by atoms with Crippen molar-refractivity contribution in [3.63, 3.8) is 0 Å². The maximum Gasteiger partial charge on any atom is 0.184 e. The molecule has 0 atom stereocenters. The molecule has 0 fully saturated rings. The van der Waals surface area contributed by atoms with Crippen LogP contribution in [0.3, 0.4) is 0 Å². The van der Waals surface area contributed by atoms with Gasteiger partial charge in [0.15, 0.2) is 8.46 Å². The smallest absolute Gasteiger partial charge is 0.184 e. The first-order valence-corrected chi connectivity index (χ1v) is 3.86. The predicted molar refractivity (Wildman–Crippen MR) is 43.1 cm³/mol. The van der Waals surface area contributed by atoms with Crippen LogP contribution in [0.5, 0.6) is 0 Å². The molecule has 1 nitrogen and oxygen atoms in total. The summed E-state index contributed by atoms with van der Waals surface area (Å²) in [6, 6.07) is 9.76. The molecule has 0 heterocycles. The highest BCUT2D eigenvalue weighted by Gasteiger charge is 1.79. The number of hydrogen-bond donors (Lipinski definition) is 0. The van der Waals surface area contributed by atoms with Gasteiger partial charge in [-0.1, -0.05) is 30.3 Å². The molecule has 0 aliphatic heterocycles. The molecule has 0 unspecified atom stereocenters. The largest absolute Gasteiger partial charge is 0.270 e. The maximum atomic E-state index is 9.99. The quantitative estimate of drug-likeness (QED) is 0.592. The van der Waals surface area contributed by atoms with E-state index in [1.165, 1.54) is 0 Å². The number of rotatable bonds is 2. The van der Waals surface area contributed by atoms with Crippen LogP contribution in [0.4, 0.5) is 0 Å². The van der Waals surface area contributed by atoms with Crippen LogP contribution in [-0.2, 0) is 4.57 Å². The molecule has 0 saturated heterocycles. The lowest BCUT2D eigenvalue weighted by Crippen LogP contribution is -1.64. The van der Waals surface area contributed by atoms with Crippen LogP contribution in [0.1, 0.15) is 5.56 Å². The lowest BCUT2D eigenvalue weighted by Gasteiger charge is -1.86. The highest BCUT2D eigenvalue weighted by Crippen LogP contribution is 2.04. The minimum absolute atomic E-state index is 0.0593. The van der Waals surface area contributed by atoms with Gasteiger partial charge in [-0.05, 0) is 11.6 Å². The zero-order valence-corrected chi connectivity index (χ0v) is 6.29. The third kappa shape index (κ3) is 2.12. The van der Waals surface area contributed by atoms with Gasteiger partial charge in [0.2, 0.25) is 0 Å². The Morgan fingerprint density at radius 3 is 2.50 bits per heavy atom. The summed E-state index contributed by atoms with van der Waals surface area (Å²) in [6.07, 6.45) is 1.81. The molecule has 0 spiro atoms. The van der Waals surface area contributed by atoms with Gasteiger partial charge in [0.05, 0.1) is 0 Å². The van der Waals surface area contributed by atoms with Gasteiger partial charge in [0, 0.05) is 5.82 Å². The zero-order chi connectivity index (χ0) is 7.23. The highest BCUT2D eigenvalue weighted by atomic mass is 31.1. The van der Waals surface area contributed by atoms with E-state index in [4.69, 9.17) is 0 Å². The molecule has 0 N–H and O–H groups in total. The van der Waals surface area contributed by atoms with Crippen LogP contribution < -0.4 is 0 Å². The van der Waals surface area contributed by atoms with Crippen LogP contribution in [-0.4, -0.2) is 0 Å². The van der Waals surface area contributed by atoms with Crippen LogP contribution in [0.15, 0.2) is 36.1 Å². The van der Waals surface area contributed by atoms with E-state index in [0.29, 0.717) is 0 Å². The normalized spacial score (nSPS) is 10.8. The molecule has 1 rings (SSSR count). The summed E-state index contributed by atoms with van der Waals surface area (Å²) in [5, 5.41) is 0. The fourth-order valence-electron chi connectivity index (χ4n) is 0.681. The SMILES string of the molecule is O=P/C=C/c1ccccc1. The summed E-state index contributed by atoms with van der Waals surface area (Å²) in [6.45, 7) is 0. The van der Waals surface area contributed by atoms with Crippen molar-refractivity contribution in [1.29, 1.82) is 0 Å². The second-order valence-corrected chi connectivity index (χ2v) is 2.34. The average molecular weight is 150 g/mol. The third-order valence-electron chi connectivity index (χ3n) is 1.13. The predicted octanol–water partition coefficient (Wildman–Crippen LogP) is 2.95. The maximum absolute atomic E-state index is 9.99. The molecule has 2 heteroatoms. The topological polar surface area (TPSA) is 17.1 Å². The van der Waals surface area contributed by atoms with Crippen molar-refractivity contribution in [3.05, 3.63) is 41.7 Å². The molecule has 0 aromatic heterocycles. The van der Waals surface area contributed by atoms with Crippen LogP contribution >= 0.6 is 8.46 Å². The molecule has 1 aromatic carbocycles. The minimum Gasteiger partial charge on any atom is -0.270 e. The first kappa shape index (κ1) is 7.17. The Labute approximate surface area is 61.6 Å². The van der Waals surface area contributed by atoms with Crippen molar-refractivity contribution >= 4 is 14.5 Å². The standard InChI is InChI=1S/C8H7OP/c9-10-7-6-8-4-2-1-3-5-8/h1-7H/b7-6+. The van der Waals surface area contributed by atoms with E-state index in [1.807, 2.05) is 36.4 Å². The summed E-state index contributed by atoms with van der Waals surface area (Å²) < 4.78 is 9.99. The fraction of sp³-hybridized carbons (Fsp3) is 0. The van der Waals surface area contributed by atoms with Crippen molar-refractivity contribution in [1.82, 2.24) is 0 Å². The number of hydrogen-bond acceptors (Lipinski definition) is 1. The Hall–Kier alpha value is -0.940. The Bertz CT molecular complexity index is 228. The van der Waals surface area contributed by atoms with Crippen molar-refractivity contribution in [3.8, 4) is 0 Å². The van der Waals surface area contributed by atoms with Gasteiger partial charge in [-0.3, -0.25) is 4.57 Å². The van der Waals surface area contributed by atoms with Gasteiger partial charge in [-0.2, -0.15) is 0 Å². The monoisotopic (exact) mass is 150 g/mol. The van der Waals surface area contributed by atoms with Gasteiger partial charge in [0.1, 0.15) is 0 Å². The summed E-state index contributed by atoms with van der Waals surface area (Å²) in [5.74, 6) is 1.58. The van der Waals surface area contributed by atoms with E-state index in [9.17, 15) is 4.57 Å². The second-order valence-electron chi connectivity index (χ2n) is 1.83. The molecule has 0 saturated carbocycles. The van der Waals surface area contributed by atoms with Crippen LogP contribution in [0, 0.1) is 0 Å². The van der Waals surface area contributed by atoms with E-state index < -0.39 is 0 Å². The van der Waals surface area contributed by atoms with Gasteiger partial charge in [-0.25, -0.2) is 0 Å². The molecule has 0 bridgehead atoms. The lowest BCUT2D eigenvalue weighted by atomic mass is 10.2. The summed E-state index contributed by atoms with van der Waals surface area (Å²) in [4.78, 5) is 0. The minimum atomic E-state index is 0.0593. The zero-order valence-electron chi connectivity index (χ0n) is 5.40. The van der Waals surface area contributed by atoms with E-state index in [2.05, 4.69) is 0 Å². The summed E-state index contributed by atoms with van der Waals surface area (Å²) in [5.41, 5.74) is 1.07. The average Bonchev–Trinajstić information content (AvgIpc) is 2.03. The Kier molecular flexibility index (Phi) is 2.85. The van der Waals surface area contributed by atoms with Gasteiger partial charge in [-0.15, -0.1) is 0 Å². The van der Waals surface area contributed by atoms with Crippen LogP contribution in [0.2, 0.25) is 0 Å². The third-order valence-corrected chi connectivity index (χ3v) is 1.40. The molecule has 1 aromatic rings. The Morgan fingerprint density at radius 2 is 1.90 bits per heavy atom. The van der Waals surface area contributed by atoms with Crippen molar-refractivity contribution in [2.75, 3.05) is 0 Å². The van der Waals surface area contributed by atoms with E-state index in [-0.39, 0.29) is 8.46 Å². The molecule has 0 aliphatic carbocycles. The van der Waals surface area contributed by atoms with Gasteiger partial charge < -0.3 is 0 Å².